The van der Waals surface area contributed by atoms with Crippen LogP contribution in [-0.4, -0.2) is 33.7 Å². The minimum atomic E-state index is -0.173. The van der Waals surface area contributed by atoms with E-state index in [4.69, 9.17) is 5.26 Å². The Balaban J connectivity index is 1.63. The summed E-state index contributed by atoms with van der Waals surface area (Å²) in [7, 11) is 0. The lowest BCUT2D eigenvalue weighted by Gasteiger charge is -2.10. The van der Waals surface area contributed by atoms with E-state index in [0.29, 0.717) is 28.5 Å². The van der Waals surface area contributed by atoms with Gasteiger partial charge in [-0.3, -0.25) is 14.2 Å². The van der Waals surface area contributed by atoms with Gasteiger partial charge in [-0.2, -0.15) is 5.26 Å². The standard InChI is InChI=1S/C23H23N5O2S/c1-2-3-11-25-22(30)18-5-4-6-20(14-18)28-13-12-26-23(28)31-16-21(29)27-19-9-7-17(15-24)8-10-19/h4-10,12-14H,2-3,11,16H2,1H3,(H,25,30)(H,27,29). The molecule has 0 aliphatic heterocycles. The zero-order chi connectivity index (χ0) is 22.1. The largest absolute Gasteiger partial charge is 0.352 e. The van der Waals surface area contributed by atoms with Crippen LogP contribution in [0.2, 0.25) is 0 Å². The summed E-state index contributed by atoms with van der Waals surface area (Å²) in [5.41, 5.74) is 2.55. The summed E-state index contributed by atoms with van der Waals surface area (Å²) >= 11 is 1.30. The quantitative estimate of drug-likeness (QED) is 0.392. The fourth-order valence-corrected chi connectivity index (χ4v) is 3.60. The highest BCUT2D eigenvalue weighted by Crippen LogP contribution is 2.21. The number of nitriles is 1. The smallest absolute Gasteiger partial charge is 0.251 e. The van der Waals surface area contributed by atoms with Crippen molar-refractivity contribution in [2.24, 2.45) is 0 Å². The molecule has 0 spiro atoms. The molecule has 7 nitrogen and oxygen atoms in total. The van der Waals surface area contributed by atoms with E-state index >= 15 is 0 Å². The predicted molar refractivity (Wildman–Crippen MR) is 121 cm³/mol. The molecule has 1 heterocycles. The summed E-state index contributed by atoms with van der Waals surface area (Å²) < 4.78 is 1.85. The maximum atomic E-state index is 12.3. The Hall–Kier alpha value is -3.57. The van der Waals surface area contributed by atoms with Crippen LogP contribution in [0.4, 0.5) is 5.69 Å². The van der Waals surface area contributed by atoms with E-state index in [-0.39, 0.29) is 17.6 Å². The van der Waals surface area contributed by atoms with Crippen LogP contribution in [0.25, 0.3) is 5.69 Å². The van der Waals surface area contributed by atoms with Crippen molar-refractivity contribution in [2.75, 3.05) is 17.6 Å². The first-order valence-electron chi connectivity index (χ1n) is 9.95. The van der Waals surface area contributed by atoms with Crippen molar-refractivity contribution < 1.29 is 9.59 Å². The zero-order valence-electron chi connectivity index (χ0n) is 17.2. The van der Waals surface area contributed by atoms with E-state index in [0.717, 1.165) is 18.5 Å². The van der Waals surface area contributed by atoms with Gasteiger partial charge in [0.2, 0.25) is 5.91 Å². The van der Waals surface area contributed by atoms with Gasteiger partial charge in [0.25, 0.3) is 5.91 Å². The average Bonchev–Trinajstić information content (AvgIpc) is 3.27. The number of carbonyl (C=O) groups is 2. The molecule has 1 aromatic heterocycles. The van der Waals surface area contributed by atoms with Crippen molar-refractivity contribution in [3.05, 3.63) is 72.1 Å². The van der Waals surface area contributed by atoms with Crippen molar-refractivity contribution in [1.29, 1.82) is 5.26 Å². The van der Waals surface area contributed by atoms with Crippen LogP contribution in [0.3, 0.4) is 0 Å². The van der Waals surface area contributed by atoms with Crippen LogP contribution in [0.15, 0.2) is 66.1 Å². The summed E-state index contributed by atoms with van der Waals surface area (Å²) in [6.45, 7) is 2.73. The number of anilines is 1. The maximum absolute atomic E-state index is 12.3. The molecule has 0 aliphatic carbocycles. The van der Waals surface area contributed by atoms with Gasteiger partial charge in [-0.25, -0.2) is 4.98 Å². The number of carbonyl (C=O) groups excluding carboxylic acids is 2. The molecule has 0 atom stereocenters. The van der Waals surface area contributed by atoms with Crippen LogP contribution in [0.1, 0.15) is 35.7 Å². The van der Waals surface area contributed by atoms with Crippen LogP contribution < -0.4 is 10.6 Å². The highest BCUT2D eigenvalue weighted by Gasteiger charge is 2.12. The maximum Gasteiger partial charge on any atom is 0.251 e. The second-order valence-corrected chi connectivity index (χ2v) is 7.71. The van der Waals surface area contributed by atoms with E-state index < -0.39 is 0 Å². The lowest BCUT2D eigenvalue weighted by Crippen LogP contribution is -2.24. The minimum Gasteiger partial charge on any atom is -0.352 e. The first-order chi connectivity index (χ1) is 15.1. The van der Waals surface area contributed by atoms with E-state index in [1.807, 2.05) is 28.8 Å². The van der Waals surface area contributed by atoms with Crippen LogP contribution >= 0.6 is 11.8 Å². The second-order valence-electron chi connectivity index (χ2n) is 6.77. The van der Waals surface area contributed by atoms with Gasteiger partial charge in [0.05, 0.1) is 17.4 Å². The monoisotopic (exact) mass is 433 g/mol. The van der Waals surface area contributed by atoms with Crippen LogP contribution in [0, 0.1) is 11.3 Å². The third-order valence-corrected chi connectivity index (χ3v) is 5.41. The van der Waals surface area contributed by atoms with Crippen molar-refractivity contribution in [1.82, 2.24) is 14.9 Å². The lowest BCUT2D eigenvalue weighted by atomic mass is 10.2. The van der Waals surface area contributed by atoms with Gasteiger partial charge in [0.1, 0.15) is 0 Å². The van der Waals surface area contributed by atoms with Crippen molar-refractivity contribution in [2.45, 2.75) is 24.9 Å². The van der Waals surface area contributed by atoms with Gasteiger partial charge >= 0.3 is 0 Å². The van der Waals surface area contributed by atoms with Crippen molar-refractivity contribution >= 4 is 29.3 Å². The molecule has 3 rings (SSSR count). The zero-order valence-corrected chi connectivity index (χ0v) is 18.0. The number of rotatable bonds is 9. The summed E-state index contributed by atoms with van der Waals surface area (Å²) in [4.78, 5) is 29.0. The molecule has 0 saturated carbocycles. The Morgan fingerprint density at radius 2 is 2.00 bits per heavy atom. The number of nitrogens with one attached hydrogen (secondary N) is 2. The molecule has 3 aromatic rings. The molecule has 2 aromatic carbocycles. The summed E-state index contributed by atoms with van der Waals surface area (Å²) in [5, 5.41) is 15.2. The highest BCUT2D eigenvalue weighted by atomic mass is 32.2. The first-order valence-corrected chi connectivity index (χ1v) is 10.9. The molecular weight excluding hydrogens is 410 g/mol. The van der Waals surface area contributed by atoms with Crippen LogP contribution in [0.5, 0.6) is 0 Å². The number of imidazole rings is 1. The number of thioether (sulfide) groups is 1. The molecule has 2 N–H and O–H groups in total. The Labute approximate surface area is 185 Å². The number of unbranched alkanes of at least 4 members (excludes halogenated alkanes) is 1. The normalized spacial score (nSPS) is 10.3. The fourth-order valence-electron chi connectivity index (χ4n) is 2.83. The van der Waals surface area contributed by atoms with E-state index in [1.165, 1.54) is 11.8 Å². The fraction of sp³-hybridized carbons (Fsp3) is 0.217. The second kappa shape index (κ2) is 11.0. The molecule has 0 aliphatic rings. The van der Waals surface area contributed by atoms with Gasteiger partial charge < -0.3 is 10.6 Å². The number of nitrogens with zero attached hydrogens (tertiary/aromatic N) is 3. The Bertz CT molecular complexity index is 1090. The Morgan fingerprint density at radius 3 is 2.74 bits per heavy atom. The molecule has 0 radical (unpaired) electrons. The highest BCUT2D eigenvalue weighted by molar-refractivity contribution is 7.99. The summed E-state index contributed by atoms with van der Waals surface area (Å²) in [6, 6.07) is 16.0. The number of benzene rings is 2. The lowest BCUT2D eigenvalue weighted by molar-refractivity contribution is -0.113. The number of aromatic nitrogens is 2. The Morgan fingerprint density at radius 1 is 1.19 bits per heavy atom. The number of hydrogen-bond acceptors (Lipinski definition) is 5. The SMILES string of the molecule is CCCCNC(=O)c1cccc(-n2ccnc2SCC(=O)Nc2ccc(C#N)cc2)c1. The number of amides is 2. The Kier molecular flexibility index (Phi) is 7.85. The third-order valence-electron chi connectivity index (χ3n) is 4.44. The number of hydrogen-bond donors (Lipinski definition) is 2. The topological polar surface area (TPSA) is 99.8 Å². The third kappa shape index (κ3) is 6.20. The molecule has 2 amide bonds. The molecule has 0 unspecified atom stereocenters. The molecule has 0 saturated heterocycles. The molecule has 158 valence electrons. The summed E-state index contributed by atoms with van der Waals surface area (Å²) in [5.74, 6) is -0.103. The van der Waals surface area contributed by atoms with E-state index in [1.54, 1.807) is 42.7 Å². The van der Waals surface area contributed by atoms with E-state index in [9.17, 15) is 9.59 Å². The molecular formula is C23H23N5O2S. The first kappa shape index (κ1) is 22.1. The van der Waals surface area contributed by atoms with Gasteiger partial charge in [-0.15, -0.1) is 0 Å². The van der Waals surface area contributed by atoms with Gasteiger partial charge in [0, 0.05) is 35.9 Å². The minimum absolute atomic E-state index is 0.105. The van der Waals surface area contributed by atoms with Crippen molar-refractivity contribution in [3.63, 3.8) is 0 Å². The molecule has 31 heavy (non-hydrogen) atoms. The van der Waals surface area contributed by atoms with Gasteiger partial charge in [0.15, 0.2) is 5.16 Å². The van der Waals surface area contributed by atoms with Gasteiger partial charge in [-0.1, -0.05) is 31.2 Å². The molecule has 8 heteroatoms. The molecule has 0 bridgehead atoms. The molecule has 0 fully saturated rings. The summed E-state index contributed by atoms with van der Waals surface area (Å²) in [6.07, 6.45) is 5.43. The predicted octanol–water partition coefficient (Wildman–Crippen LogP) is 4.00. The van der Waals surface area contributed by atoms with E-state index in [2.05, 4.69) is 22.5 Å². The van der Waals surface area contributed by atoms with Crippen LogP contribution in [-0.2, 0) is 4.79 Å². The average molecular weight is 434 g/mol. The van der Waals surface area contributed by atoms with Crippen molar-refractivity contribution in [3.8, 4) is 11.8 Å². The van der Waals surface area contributed by atoms with Gasteiger partial charge in [-0.05, 0) is 48.9 Å².